The number of anilines is 1. The molecule has 0 radical (unpaired) electrons. The van der Waals surface area contributed by atoms with Crippen LogP contribution in [0.4, 0.5) is 14.6 Å². The first kappa shape index (κ1) is 24.8. The molecule has 192 valence electrons. The van der Waals surface area contributed by atoms with Crippen LogP contribution in [0, 0.1) is 17.6 Å². The molecule has 9 heteroatoms. The number of hydrogen-bond acceptors (Lipinski definition) is 5. The summed E-state index contributed by atoms with van der Waals surface area (Å²) in [6.07, 6.45) is 2.17. The average Bonchev–Trinajstić information content (AvgIpc) is 3.21. The largest absolute Gasteiger partial charge is 0.354 e. The fourth-order valence-electron chi connectivity index (χ4n) is 5.60. The van der Waals surface area contributed by atoms with Crippen LogP contribution in [-0.4, -0.2) is 64.5 Å². The van der Waals surface area contributed by atoms with Crippen molar-refractivity contribution in [3.8, 4) is 0 Å². The molecule has 2 aromatic carbocycles. The van der Waals surface area contributed by atoms with E-state index in [0.717, 1.165) is 11.6 Å². The van der Waals surface area contributed by atoms with Gasteiger partial charge in [-0.25, -0.2) is 8.78 Å². The van der Waals surface area contributed by atoms with Crippen molar-refractivity contribution >= 4 is 17.6 Å². The summed E-state index contributed by atoms with van der Waals surface area (Å²) in [6.45, 7) is 3.53. The normalized spacial score (nSPS) is 22.1. The van der Waals surface area contributed by atoms with Crippen LogP contribution in [0.25, 0.3) is 0 Å². The Morgan fingerprint density at radius 1 is 0.946 bits per heavy atom. The zero-order chi connectivity index (χ0) is 25.9. The van der Waals surface area contributed by atoms with E-state index in [9.17, 15) is 18.4 Å². The van der Waals surface area contributed by atoms with E-state index in [0.29, 0.717) is 50.5 Å². The second kappa shape index (κ2) is 10.6. The lowest BCUT2D eigenvalue weighted by atomic mass is 9.87. The van der Waals surface area contributed by atoms with Crippen LogP contribution < -0.4 is 4.90 Å². The number of rotatable bonds is 4. The van der Waals surface area contributed by atoms with Crippen molar-refractivity contribution in [2.24, 2.45) is 5.92 Å². The number of carbonyl (C=O) groups excluding carboxylic acids is 2. The molecular weight excluding hydrogens is 476 g/mol. The van der Waals surface area contributed by atoms with Crippen LogP contribution in [0.5, 0.6) is 0 Å². The van der Waals surface area contributed by atoms with Crippen LogP contribution in [0.15, 0.2) is 66.9 Å². The summed E-state index contributed by atoms with van der Waals surface area (Å²) in [5, 5.41) is 8.11. The maximum atomic E-state index is 14.9. The van der Waals surface area contributed by atoms with E-state index in [4.69, 9.17) is 0 Å². The summed E-state index contributed by atoms with van der Waals surface area (Å²) in [7, 11) is 0. The Bertz CT molecular complexity index is 1260. The number of benzene rings is 2. The van der Waals surface area contributed by atoms with Crippen LogP contribution in [0.1, 0.15) is 36.4 Å². The minimum atomic E-state index is -0.661. The summed E-state index contributed by atoms with van der Waals surface area (Å²) in [4.78, 5) is 32.0. The molecule has 0 N–H and O–H groups in total. The summed E-state index contributed by atoms with van der Waals surface area (Å²) >= 11 is 0. The van der Waals surface area contributed by atoms with Gasteiger partial charge in [0, 0.05) is 57.8 Å². The van der Waals surface area contributed by atoms with Gasteiger partial charge in [-0.2, -0.15) is 5.10 Å². The van der Waals surface area contributed by atoms with E-state index < -0.39 is 23.5 Å². The molecule has 2 amide bonds. The Kier molecular flexibility index (Phi) is 7.12. The molecule has 2 fully saturated rings. The van der Waals surface area contributed by atoms with Gasteiger partial charge in [-0.15, -0.1) is 5.10 Å². The quantitative estimate of drug-likeness (QED) is 0.540. The Labute approximate surface area is 214 Å². The first-order valence-corrected chi connectivity index (χ1v) is 12.5. The highest BCUT2D eigenvalue weighted by molar-refractivity contribution is 5.82. The molecule has 3 aromatic rings. The fourth-order valence-corrected chi connectivity index (χ4v) is 5.60. The Morgan fingerprint density at radius 3 is 2.46 bits per heavy atom. The topological polar surface area (TPSA) is 69.6 Å². The minimum absolute atomic E-state index is 0.0379. The van der Waals surface area contributed by atoms with Gasteiger partial charge in [0.05, 0.1) is 12.0 Å². The summed E-state index contributed by atoms with van der Waals surface area (Å²) in [5.41, 5.74) is 1.35. The van der Waals surface area contributed by atoms with Gasteiger partial charge in [0.2, 0.25) is 11.8 Å². The van der Waals surface area contributed by atoms with Gasteiger partial charge in [0.15, 0.2) is 5.82 Å². The third kappa shape index (κ3) is 5.16. The second-order valence-electron chi connectivity index (χ2n) is 9.62. The van der Waals surface area contributed by atoms with E-state index in [1.165, 1.54) is 12.1 Å². The molecule has 0 saturated carbocycles. The highest BCUT2D eigenvalue weighted by Gasteiger charge is 2.43. The maximum Gasteiger partial charge on any atom is 0.228 e. The smallest absolute Gasteiger partial charge is 0.228 e. The molecule has 3 atom stereocenters. The first-order valence-electron chi connectivity index (χ1n) is 12.5. The van der Waals surface area contributed by atoms with Gasteiger partial charge in [-0.3, -0.25) is 9.59 Å². The molecule has 1 unspecified atom stereocenters. The first-order chi connectivity index (χ1) is 17.9. The van der Waals surface area contributed by atoms with Crippen LogP contribution in [0.3, 0.4) is 0 Å². The third-order valence-electron chi connectivity index (χ3n) is 7.44. The number of halogens is 2. The molecule has 1 aromatic heterocycles. The number of hydrogen-bond donors (Lipinski definition) is 0. The van der Waals surface area contributed by atoms with Crippen molar-refractivity contribution in [3.05, 3.63) is 89.6 Å². The van der Waals surface area contributed by atoms with Crippen molar-refractivity contribution in [3.63, 3.8) is 0 Å². The van der Waals surface area contributed by atoms with E-state index >= 15 is 0 Å². The molecule has 2 aliphatic heterocycles. The van der Waals surface area contributed by atoms with Gasteiger partial charge >= 0.3 is 0 Å². The summed E-state index contributed by atoms with van der Waals surface area (Å²) in [5.74, 6) is -1.88. The highest BCUT2D eigenvalue weighted by atomic mass is 19.1. The average molecular weight is 506 g/mol. The zero-order valence-corrected chi connectivity index (χ0v) is 20.6. The van der Waals surface area contributed by atoms with Crippen molar-refractivity contribution < 1.29 is 18.4 Å². The van der Waals surface area contributed by atoms with Crippen molar-refractivity contribution in [2.75, 3.05) is 37.6 Å². The van der Waals surface area contributed by atoms with Gasteiger partial charge in [-0.1, -0.05) is 36.4 Å². The lowest BCUT2D eigenvalue weighted by Crippen LogP contribution is -2.41. The van der Waals surface area contributed by atoms with E-state index in [1.807, 2.05) is 40.1 Å². The molecule has 2 aliphatic rings. The maximum absolute atomic E-state index is 14.9. The van der Waals surface area contributed by atoms with E-state index in [2.05, 4.69) is 10.2 Å². The third-order valence-corrected chi connectivity index (χ3v) is 7.44. The predicted octanol–water partition coefficient (Wildman–Crippen LogP) is 3.80. The minimum Gasteiger partial charge on any atom is -0.354 e. The van der Waals surface area contributed by atoms with Crippen molar-refractivity contribution in [1.82, 2.24) is 20.0 Å². The standard InChI is InChI=1S/C28H29F2N5O2/c1-19(36)35-15-14-33(13-11-26(35)20-6-3-2-4-7-20)28(37)24-18-34(27-8-5-12-31-32-27)17-23(24)22-10-9-21(29)16-25(22)30/h2-10,12,16,23-24,26H,11,13-15,17-18H2,1H3/t23-,24?,26+/m0/s1. The monoisotopic (exact) mass is 505 g/mol. The number of carbonyl (C=O) groups is 2. The molecule has 7 nitrogen and oxygen atoms in total. The lowest BCUT2D eigenvalue weighted by Gasteiger charge is -2.29. The van der Waals surface area contributed by atoms with Crippen molar-refractivity contribution in [2.45, 2.75) is 25.3 Å². The van der Waals surface area contributed by atoms with Crippen LogP contribution >= 0.6 is 0 Å². The van der Waals surface area contributed by atoms with Gasteiger partial charge in [-0.05, 0) is 35.7 Å². The molecule has 2 saturated heterocycles. The van der Waals surface area contributed by atoms with Crippen LogP contribution in [0.2, 0.25) is 0 Å². The predicted molar refractivity (Wildman–Crippen MR) is 135 cm³/mol. The Morgan fingerprint density at radius 2 is 1.76 bits per heavy atom. The molecule has 5 rings (SSSR count). The summed E-state index contributed by atoms with van der Waals surface area (Å²) in [6, 6.07) is 16.8. The summed E-state index contributed by atoms with van der Waals surface area (Å²) < 4.78 is 28.6. The molecular formula is C28H29F2N5O2. The van der Waals surface area contributed by atoms with Crippen LogP contribution in [-0.2, 0) is 9.59 Å². The molecule has 0 aliphatic carbocycles. The lowest BCUT2D eigenvalue weighted by molar-refractivity contribution is -0.136. The molecule has 37 heavy (non-hydrogen) atoms. The van der Waals surface area contributed by atoms with E-state index in [1.54, 1.807) is 30.2 Å². The number of nitrogens with zero attached hydrogens (tertiary/aromatic N) is 5. The Hall–Kier alpha value is -3.88. The fraction of sp³-hybridized carbons (Fsp3) is 0.357. The molecule has 0 bridgehead atoms. The highest BCUT2D eigenvalue weighted by Crippen LogP contribution is 2.38. The van der Waals surface area contributed by atoms with Gasteiger partial charge in [0.25, 0.3) is 0 Å². The molecule has 0 spiro atoms. The molecule has 3 heterocycles. The SMILES string of the molecule is CC(=O)N1CCN(C(=O)C2CN(c3cccnn3)C[C@H]2c2ccc(F)cc2F)CC[C@@H]1c1ccccc1. The van der Waals surface area contributed by atoms with Crippen molar-refractivity contribution in [1.29, 1.82) is 0 Å². The second-order valence-corrected chi connectivity index (χ2v) is 9.62. The van der Waals surface area contributed by atoms with Gasteiger partial charge < -0.3 is 14.7 Å². The zero-order valence-electron chi connectivity index (χ0n) is 20.6. The number of aromatic nitrogens is 2. The number of amides is 2. The van der Waals surface area contributed by atoms with Gasteiger partial charge in [0.1, 0.15) is 11.6 Å². The van der Waals surface area contributed by atoms with E-state index in [-0.39, 0.29) is 17.9 Å². The Balaban J connectivity index is 1.42.